The van der Waals surface area contributed by atoms with E-state index < -0.39 is 0 Å². The number of nitrogens with one attached hydrogen (secondary N) is 1. The zero-order chi connectivity index (χ0) is 18.5. The summed E-state index contributed by atoms with van der Waals surface area (Å²) in [6.45, 7) is 7.51. The standard InChI is InChI=1S/C21H27N3O2/c1-16-7-4-5-10-20(16)22-21(25)17(2)23-11-13-24(14-12-23)18-8-6-9-19(15-18)26-3/h4-10,15,17H,11-14H2,1-3H3,(H,22,25). The second-order valence-corrected chi connectivity index (χ2v) is 6.70. The fraction of sp³-hybridized carbons (Fsp3) is 0.381. The smallest absolute Gasteiger partial charge is 0.241 e. The third-order valence-corrected chi connectivity index (χ3v) is 5.06. The second kappa shape index (κ2) is 8.23. The number of methoxy groups -OCH3 is 1. The molecule has 0 saturated carbocycles. The number of para-hydroxylation sites is 1. The van der Waals surface area contributed by atoms with E-state index in [1.54, 1.807) is 7.11 Å². The van der Waals surface area contributed by atoms with Gasteiger partial charge in [-0.15, -0.1) is 0 Å². The molecule has 0 bridgehead atoms. The molecule has 0 spiro atoms. The minimum absolute atomic E-state index is 0.0501. The molecule has 1 unspecified atom stereocenters. The van der Waals surface area contributed by atoms with Gasteiger partial charge in [0.15, 0.2) is 0 Å². The Bertz CT molecular complexity index is 754. The molecular weight excluding hydrogens is 326 g/mol. The molecule has 1 aliphatic heterocycles. The van der Waals surface area contributed by atoms with Gasteiger partial charge in [0.2, 0.25) is 5.91 Å². The minimum Gasteiger partial charge on any atom is -0.497 e. The topological polar surface area (TPSA) is 44.8 Å². The maximum absolute atomic E-state index is 12.6. The van der Waals surface area contributed by atoms with Crippen LogP contribution in [0.1, 0.15) is 12.5 Å². The van der Waals surface area contributed by atoms with E-state index in [0.29, 0.717) is 0 Å². The number of anilines is 2. The Balaban J connectivity index is 1.57. The van der Waals surface area contributed by atoms with E-state index in [4.69, 9.17) is 4.74 Å². The molecule has 0 radical (unpaired) electrons. The predicted octanol–water partition coefficient (Wildman–Crippen LogP) is 3.15. The molecule has 1 N–H and O–H groups in total. The number of hydrogen-bond donors (Lipinski definition) is 1. The van der Waals surface area contributed by atoms with Crippen LogP contribution in [0, 0.1) is 6.92 Å². The predicted molar refractivity (Wildman–Crippen MR) is 106 cm³/mol. The Morgan fingerprint density at radius 1 is 1.08 bits per heavy atom. The molecule has 1 amide bonds. The monoisotopic (exact) mass is 353 g/mol. The van der Waals surface area contributed by atoms with Crippen molar-refractivity contribution < 1.29 is 9.53 Å². The van der Waals surface area contributed by atoms with Crippen molar-refractivity contribution >= 4 is 17.3 Å². The summed E-state index contributed by atoms with van der Waals surface area (Å²) in [6.07, 6.45) is 0. The number of carbonyl (C=O) groups is 1. The number of benzene rings is 2. The normalized spacial score (nSPS) is 16.2. The fourth-order valence-corrected chi connectivity index (χ4v) is 3.29. The zero-order valence-corrected chi connectivity index (χ0v) is 15.7. The third-order valence-electron chi connectivity index (χ3n) is 5.06. The highest BCUT2D eigenvalue weighted by atomic mass is 16.5. The van der Waals surface area contributed by atoms with Gasteiger partial charge in [-0.05, 0) is 37.6 Å². The summed E-state index contributed by atoms with van der Waals surface area (Å²) in [4.78, 5) is 17.2. The Labute approximate surface area is 155 Å². The average molecular weight is 353 g/mol. The number of aryl methyl sites for hydroxylation is 1. The van der Waals surface area contributed by atoms with Crippen molar-refractivity contribution in [3.05, 3.63) is 54.1 Å². The summed E-state index contributed by atoms with van der Waals surface area (Å²) in [5.74, 6) is 0.921. The summed E-state index contributed by atoms with van der Waals surface area (Å²) in [7, 11) is 1.69. The molecule has 1 fully saturated rings. The lowest BCUT2D eigenvalue weighted by Gasteiger charge is -2.38. The first-order valence-electron chi connectivity index (χ1n) is 9.08. The number of nitrogens with zero attached hydrogens (tertiary/aromatic N) is 2. The van der Waals surface area contributed by atoms with Crippen LogP contribution in [0.15, 0.2) is 48.5 Å². The maximum atomic E-state index is 12.6. The van der Waals surface area contributed by atoms with Crippen LogP contribution in [-0.4, -0.2) is 50.1 Å². The Kier molecular flexibility index (Phi) is 5.78. The van der Waals surface area contributed by atoms with Gasteiger partial charge in [-0.25, -0.2) is 0 Å². The maximum Gasteiger partial charge on any atom is 0.241 e. The summed E-state index contributed by atoms with van der Waals surface area (Å²) >= 11 is 0. The van der Waals surface area contributed by atoms with Gasteiger partial charge in [-0.2, -0.15) is 0 Å². The third kappa shape index (κ3) is 4.17. The second-order valence-electron chi connectivity index (χ2n) is 6.70. The van der Waals surface area contributed by atoms with E-state index >= 15 is 0 Å². The van der Waals surface area contributed by atoms with Crippen LogP contribution in [-0.2, 0) is 4.79 Å². The molecule has 26 heavy (non-hydrogen) atoms. The van der Waals surface area contributed by atoms with Crippen molar-refractivity contribution in [1.82, 2.24) is 4.90 Å². The quantitative estimate of drug-likeness (QED) is 0.897. The molecule has 5 heteroatoms. The number of amides is 1. The van der Waals surface area contributed by atoms with E-state index in [1.807, 2.05) is 50.2 Å². The lowest BCUT2D eigenvalue weighted by Crippen LogP contribution is -2.52. The first-order chi connectivity index (χ1) is 12.6. The lowest BCUT2D eigenvalue weighted by atomic mass is 10.1. The van der Waals surface area contributed by atoms with Crippen LogP contribution in [0.4, 0.5) is 11.4 Å². The van der Waals surface area contributed by atoms with Gasteiger partial charge >= 0.3 is 0 Å². The molecule has 0 aliphatic carbocycles. The minimum atomic E-state index is -0.151. The molecule has 0 aromatic heterocycles. The molecule has 138 valence electrons. The highest BCUT2D eigenvalue weighted by Crippen LogP contribution is 2.23. The van der Waals surface area contributed by atoms with Crippen LogP contribution in [0.5, 0.6) is 5.75 Å². The van der Waals surface area contributed by atoms with Crippen molar-refractivity contribution in [2.24, 2.45) is 0 Å². The summed E-state index contributed by atoms with van der Waals surface area (Å²) in [5, 5.41) is 3.05. The summed E-state index contributed by atoms with van der Waals surface area (Å²) in [5.41, 5.74) is 3.14. The summed E-state index contributed by atoms with van der Waals surface area (Å²) < 4.78 is 5.31. The Morgan fingerprint density at radius 3 is 2.50 bits per heavy atom. The van der Waals surface area contributed by atoms with Crippen molar-refractivity contribution in [2.75, 3.05) is 43.5 Å². The van der Waals surface area contributed by atoms with E-state index in [1.165, 1.54) is 5.69 Å². The molecule has 1 aliphatic rings. The van der Waals surface area contributed by atoms with Gasteiger partial charge in [-0.1, -0.05) is 24.3 Å². The van der Waals surface area contributed by atoms with Gasteiger partial charge in [-0.3, -0.25) is 9.69 Å². The van der Waals surface area contributed by atoms with E-state index in [2.05, 4.69) is 27.2 Å². The van der Waals surface area contributed by atoms with Crippen LogP contribution in [0.3, 0.4) is 0 Å². The van der Waals surface area contributed by atoms with Gasteiger partial charge in [0.1, 0.15) is 5.75 Å². The highest BCUT2D eigenvalue weighted by molar-refractivity contribution is 5.95. The van der Waals surface area contributed by atoms with E-state index in [-0.39, 0.29) is 11.9 Å². The molecule has 3 rings (SSSR count). The lowest BCUT2D eigenvalue weighted by molar-refractivity contribution is -0.120. The largest absolute Gasteiger partial charge is 0.497 e. The molecule has 5 nitrogen and oxygen atoms in total. The average Bonchev–Trinajstić information content (AvgIpc) is 2.69. The Hall–Kier alpha value is -2.53. The number of hydrogen-bond acceptors (Lipinski definition) is 4. The Morgan fingerprint density at radius 2 is 1.81 bits per heavy atom. The van der Waals surface area contributed by atoms with Gasteiger partial charge < -0.3 is 15.0 Å². The SMILES string of the molecule is COc1cccc(N2CCN(C(C)C(=O)Nc3ccccc3C)CC2)c1. The first kappa shape index (κ1) is 18.3. The van der Waals surface area contributed by atoms with Crippen LogP contribution < -0.4 is 15.0 Å². The molecule has 1 atom stereocenters. The summed E-state index contributed by atoms with van der Waals surface area (Å²) in [6, 6.07) is 15.9. The fourth-order valence-electron chi connectivity index (χ4n) is 3.29. The van der Waals surface area contributed by atoms with Crippen LogP contribution in [0.25, 0.3) is 0 Å². The first-order valence-corrected chi connectivity index (χ1v) is 9.08. The van der Waals surface area contributed by atoms with Crippen LogP contribution in [0.2, 0.25) is 0 Å². The van der Waals surface area contributed by atoms with E-state index in [9.17, 15) is 4.79 Å². The van der Waals surface area contributed by atoms with Crippen molar-refractivity contribution in [1.29, 1.82) is 0 Å². The van der Waals surface area contributed by atoms with Crippen molar-refractivity contribution in [3.63, 3.8) is 0 Å². The van der Waals surface area contributed by atoms with Gasteiger partial charge in [0.05, 0.1) is 13.2 Å². The molecular formula is C21H27N3O2. The number of ether oxygens (including phenoxy) is 1. The number of piperazine rings is 1. The van der Waals surface area contributed by atoms with Crippen molar-refractivity contribution in [2.45, 2.75) is 19.9 Å². The van der Waals surface area contributed by atoms with Gasteiger partial charge in [0.25, 0.3) is 0 Å². The molecule has 1 heterocycles. The van der Waals surface area contributed by atoms with Crippen molar-refractivity contribution in [3.8, 4) is 5.75 Å². The molecule has 2 aromatic carbocycles. The molecule has 1 saturated heterocycles. The number of carbonyl (C=O) groups excluding carboxylic acids is 1. The van der Waals surface area contributed by atoms with E-state index in [0.717, 1.165) is 43.2 Å². The molecule has 2 aromatic rings. The van der Waals surface area contributed by atoms with Crippen LogP contribution >= 0.6 is 0 Å². The number of rotatable bonds is 5. The zero-order valence-electron chi connectivity index (χ0n) is 15.7. The highest BCUT2D eigenvalue weighted by Gasteiger charge is 2.26. The van der Waals surface area contributed by atoms with Gasteiger partial charge in [0, 0.05) is 43.6 Å².